The van der Waals surface area contributed by atoms with Crippen LogP contribution in [-0.4, -0.2) is 35.9 Å². The standard InChI is InChI=1S/C20H18ClN3O5/c1-12(17-8-13-4-2-3-5-16(13)29-17)24-18(25)11-28-19(26)10-23-20(27)15-9-14(21)6-7-22-15/h2-9,12H,10-11H2,1H3,(H,23,27)(H,24,25)/t12-/m0/s1. The fourth-order valence-corrected chi connectivity index (χ4v) is 2.70. The van der Waals surface area contributed by atoms with Gasteiger partial charge in [0.25, 0.3) is 11.8 Å². The van der Waals surface area contributed by atoms with Crippen molar-refractivity contribution in [2.24, 2.45) is 0 Å². The molecule has 9 heteroatoms. The molecule has 0 bridgehead atoms. The number of amides is 2. The van der Waals surface area contributed by atoms with E-state index in [9.17, 15) is 14.4 Å². The number of hydrogen-bond acceptors (Lipinski definition) is 6. The van der Waals surface area contributed by atoms with E-state index >= 15 is 0 Å². The van der Waals surface area contributed by atoms with Crippen LogP contribution in [0.15, 0.2) is 53.1 Å². The predicted octanol–water partition coefficient (Wildman–Crippen LogP) is 2.63. The Morgan fingerprint density at radius 2 is 2.00 bits per heavy atom. The van der Waals surface area contributed by atoms with Gasteiger partial charge in [0.05, 0.1) is 6.04 Å². The first-order valence-electron chi connectivity index (χ1n) is 8.75. The number of carbonyl (C=O) groups excluding carboxylic acids is 3. The van der Waals surface area contributed by atoms with E-state index in [1.165, 1.54) is 18.3 Å². The van der Waals surface area contributed by atoms with Crippen LogP contribution in [0.1, 0.15) is 29.2 Å². The molecule has 0 aliphatic carbocycles. The summed E-state index contributed by atoms with van der Waals surface area (Å²) in [6, 6.07) is 11.8. The molecular formula is C20H18ClN3O5. The molecule has 0 aliphatic heterocycles. The third kappa shape index (κ3) is 5.55. The Kier molecular flexibility index (Phi) is 6.46. The monoisotopic (exact) mass is 415 g/mol. The van der Waals surface area contributed by atoms with Gasteiger partial charge >= 0.3 is 5.97 Å². The summed E-state index contributed by atoms with van der Waals surface area (Å²) in [6.45, 7) is 0.879. The van der Waals surface area contributed by atoms with Crippen molar-refractivity contribution in [1.82, 2.24) is 15.6 Å². The molecule has 1 aromatic carbocycles. The molecule has 2 heterocycles. The summed E-state index contributed by atoms with van der Waals surface area (Å²) in [5.74, 6) is -1.24. The van der Waals surface area contributed by atoms with Crippen LogP contribution in [0.3, 0.4) is 0 Å². The van der Waals surface area contributed by atoms with E-state index in [1.54, 1.807) is 6.92 Å². The zero-order valence-electron chi connectivity index (χ0n) is 15.5. The second-order valence-corrected chi connectivity index (χ2v) is 6.61. The molecule has 2 amide bonds. The first kappa shape index (κ1) is 20.3. The van der Waals surface area contributed by atoms with Crippen molar-refractivity contribution in [3.05, 3.63) is 65.1 Å². The summed E-state index contributed by atoms with van der Waals surface area (Å²) in [5.41, 5.74) is 0.794. The Labute approximate surface area is 171 Å². The number of furan rings is 1. The smallest absolute Gasteiger partial charge is 0.325 e. The van der Waals surface area contributed by atoms with Gasteiger partial charge in [-0.25, -0.2) is 0 Å². The molecule has 1 atom stereocenters. The quantitative estimate of drug-likeness (QED) is 0.574. The molecule has 8 nitrogen and oxygen atoms in total. The highest BCUT2D eigenvalue weighted by Gasteiger charge is 2.16. The maximum atomic E-state index is 12.0. The van der Waals surface area contributed by atoms with E-state index < -0.39 is 37.0 Å². The second-order valence-electron chi connectivity index (χ2n) is 6.18. The van der Waals surface area contributed by atoms with Crippen LogP contribution in [0.5, 0.6) is 0 Å². The topological polar surface area (TPSA) is 111 Å². The van der Waals surface area contributed by atoms with Crippen LogP contribution in [0.2, 0.25) is 5.02 Å². The van der Waals surface area contributed by atoms with E-state index in [2.05, 4.69) is 15.6 Å². The molecule has 0 saturated carbocycles. The molecule has 3 aromatic rings. The number of para-hydroxylation sites is 1. The maximum Gasteiger partial charge on any atom is 0.325 e. The lowest BCUT2D eigenvalue weighted by Crippen LogP contribution is -2.35. The second kappa shape index (κ2) is 9.20. The van der Waals surface area contributed by atoms with Crippen molar-refractivity contribution in [1.29, 1.82) is 0 Å². The number of carbonyl (C=O) groups is 3. The van der Waals surface area contributed by atoms with Gasteiger partial charge in [0.1, 0.15) is 23.6 Å². The Morgan fingerprint density at radius 1 is 1.21 bits per heavy atom. The van der Waals surface area contributed by atoms with Crippen molar-refractivity contribution in [3.63, 3.8) is 0 Å². The van der Waals surface area contributed by atoms with Crippen LogP contribution >= 0.6 is 11.6 Å². The van der Waals surface area contributed by atoms with Gasteiger partial charge < -0.3 is 19.8 Å². The molecule has 3 rings (SSSR count). The van der Waals surface area contributed by atoms with Gasteiger partial charge in [0.2, 0.25) is 0 Å². The zero-order chi connectivity index (χ0) is 20.8. The lowest BCUT2D eigenvalue weighted by atomic mass is 10.2. The van der Waals surface area contributed by atoms with Crippen molar-refractivity contribution < 1.29 is 23.5 Å². The summed E-state index contributed by atoms with van der Waals surface area (Å²) in [4.78, 5) is 39.5. The number of ether oxygens (including phenoxy) is 1. The van der Waals surface area contributed by atoms with Crippen LogP contribution < -0.4 is 10.6 Å². The number of esters is 1. The van der Waals surface area contributed by atoms with Gasteiger partial charge in [-0.2, -0.15) is 0 Å². The summed E-state index contributed by atoms with van der Waals surface area (Å²) < 4.78 is 10.6. The summed E-state index contributed by atoms with van der Waals surface area (Å²) in [5, 5.41) is 6.32. The molecule has 0 aliphatic rings. The lowest BCUT2D eigenvalue weighted by Gasteiger charge is -2.11. The molecule has 150 valence electrons. The summed E-state index contributed by atoms with van der Waals surface area (Å²) in [7, 11) is 0. The molecule has 0 radical (unpaired) electrons. The average molecular weight is 416 g/mol. The SMILES string of the molecule is C[C@H](NC(=O)COC(=O)CNC(=O)c1cc(Cl)ccn1)c1cc2ccccc2o1. The molecule has 0 saturated heterocycles. The van der Waals surface area contributed by atoms with Crippen LogP contribution in [0.4, 0.5) is 0 Å². The van der Waals surface area contributed by atoms with Gasteiger partial charge in [0.15, 0.2) is 6.61 Å². The number of nitrogens with one attached hydrogen (secondary N) is 2. The Bertz CT molecular complexity index is 1020. The largest absolute Gasteiger partial charge is 0.459 e. The molecular weight excluding hydrogens is 398 g/mol. The number of halogens is 1. The van der Waals surface area contributed by atoms with Gasteiger partial charge in [0, 0.05) is 16.6 Å². The maximum absolute atomic E-state index is 12.0. The minimum Gasteiger partial charge on any atom is -0.459 e. The number of nitrogens with zero attached hydrogens (tertiary/aromatic N) is 1. The summed E-state index contributed by atoms with van der Waals surface area (Å²) in [6.07, 6.45) is 1.38. The first-order valence-corrected chi connectivity index (χ1v) is 9.13. The zero-order valence-corrected chi connectivity index (χ0v) is 16.2. The molecule has 2 aromatic heterocycles. The number of benzene rings is 1. The Balaban J connectivity index is 1.42. The van der Waals surface area contributed by atoms with Crippen molar-refractivity contribution in [3.8, 4) is 0 Å². The highest BCUT2D eigenvalue weighted by Crippen LogP contribution is 2.23. The minimum atomic E-state index is -0.757. The van der Waals surface area contributed by atoms with E-state index in [0.717, 1.165) is 11.0 Å². The van der Waals surface area contributed by atoms with Gasteiger partial charge in [-0.15, -0.1) is 0 Å². The fraction of sp³-hybridized carbons (Fsp3) is 0.200. The fourth-order valence-electron chi connectivity index (χ4n) is 2.54. The molecule has 0 spiro atoms. The number of rotatable bonds is 7. The van der Waals surface area contributed by atoms with Crippen LogP contribution in [0, 0.1) is 0 Å². The minimum absolute atomic E-state index is 0.0719. The third-order valence-corrected chi connectivity index (χ3v) is 4.20. The summed E-state index contributed by atoms with van der Waals surface area (Å²) >= 11 is 5.78. The third-order valence-electron chi connectivity index (χ3n) is 3.96. The number of pyridine rings is 1. The Morgan fingerprint density at radius 3 is 2.76 bits per heavy atom. The number of hydrogen-bond donors (Lipinski definition) is 2. The van der Waals surface area contributed by atoms with E-state index in [-0.39, 0.29) is 5.69 Å². The molecule has 2 N–H and O–H groups in total. The predicted molar refractivity (Wildman–Crippen MR) is 105 cm³/mol. The highest BCUT2D eigenvalue weighted by atomic mass is 35.5. The van der Waals surface area contributed by atoms with Crippen LogP contribution in [-0.2, 0) is 14.3 Å². The lowest BCUT2D eigenvalue weighted by molar-refractivity contribution is -0.147. The van der Waals surface area contributed by atoms with Crippen LogP contribution in [0.25, 0.3) is 11.0 Å². The van der Waals surface area contributed by atoms with Crippen molar-refractivity contribution >= 4 is 40.4 Å². The van der Waals surface area contributed by atoms with Gasteiger partial charge in [-0.3, -0.25) is 19.4 Å². The van der Waals surface area contributed by atoms with Crippen molar-refractivity contribution in [2.45, 2.75) is 13.0 Å². The molecule has 0 unspecified atom stereocenters. The number of fused-ring (bicyclic) bond motifs is 1. The van der Waals surface area contributed by atoms with E-state index in [4.69, 9.17) is 20.8 Å². The van der Waals surface area contributed by atoms with E-state index in [0.29, 0.717) is 10.8 Å². The van der Waals surface area contributed by atoms with Crippen molar-refractivity contribution in [2.75, 3.05) is 13.2 Å². The molecule has 29 heavy (non-hydrogen) atoms. The number of aromatic nitrogens is 1. The van der Waals surface area contributed by atoms with E-state index in [1.807, 2.05) is 30.3 Å². The first-order chi connectivity index (χ1) is 13.9. The van der Waals surface area contributed by atoms with Gasteiger partial charge in [-0.1, -0.05) is 29.8 Å². The van der Waals surface area contributed by atoms with Gasteiger partial charge in [-0.05, 0) is 31.2 Å². The highest BCUT2D eigenvalue weighted by molar-refractivity contribution is 6.30. The average Bonchev–Trinajstić information content (AvgIpc) is 3.15. The Hall–Kier alpha value is -3.39. The normalized spacial score (nSPS) is 11.7. The molecule has 0 fully saturated rings.